The Morgan fingerprint density at radius 1 is 1.41 bits per heavy atom. The molecule has 92 valence electrons. The monoisotopic (exact) mass is 252 g/mol. The average molecular weight is 253 g/mol. The first-order valence-electron chi connectivity index (χ1n) is 5.76. The summed E-state index contributed by atoms with van der Waals surface area (Å²) in [6, 6.07) is 7.02. The molecular weight excluding hydrogens is 236 g/mol. The van der Waals surface area contributed by atoms with Crippen LogP contribution in [0.2, 0.25) is 5.02 Å². The second-order valence-electron chi connectivity index (χ2n) is 5.01. The maximum absolute atomic E-state index is 12.3. The van der Waals surface area contributed by atoms with Crippen LogP contribution in [-0.4, -0.2) is 28.9 Å². The highest BCUT2D eigenvalue weighted by Crippen LogP contribution is 2.29. The van der Waals surface area contributed by atoms with Gasteiger partial charge < -0.3 is 10.6 Å². The van der Waals surface area contributed by atoms with Gasteiger partial charge in [-0.2, -0.15) is 0 Å². The number of likely N-dealkylation sites (tertiary alicyclic amines) is 1. The van der Waals surface area contributed by atoms with Crippen LogP contribution in [0, 0.1) is 0 Å². The molecule has 1 saturated heterocycles. The third kappa shape index (κ3) is 2.17. The van der Waals surface area contributed by atoms with E-state index in [9.17, 15) is 4.79 Å². The van der Waals surface area contributed by atoms with Gasteiger partial charge in [0.1, 0.15) is 0 Å². The van der Waals surface area contributed by atoms with Gasteiger partial charge in [-0.25, -0.2) is 0 Å². The van der Waals surface area contributed by atoms with Gasteiger partial charge in [0.25, 0.3) is 5.91 Å². The molecule has 1 aromatic rings. The Morgan fingerprint density at radius 2 is 2.00 bits per heavy atom. The van der Waals surface area contributed by atoms with E-state index in [2.05, 4.69) is 0 Å². The summed E-state index contributed by atoms with van der Waals surface area (Å²) in [4.78, 5) is 14.2. The molecule has 1 heterocycles. The lowest BCUT2D eigenvalue weighted by molar-refractivity contribution is 0.0637. The Labute approximate surface area is 107 Å². The van der Waals surface area contributed by atoms with Crippen molar-refractivity contribution in [2.75, 3.05) is 6.54 Å². The van der Waals surface area contributed by atoms with Crippen molar-refractivity contribution in [3.8, 4) is 0 Å². The predicted octanol–water partition coefficient (Wildman–Crippen LogP) is 2.29. The van der Waals surface area contributed by atoms with E-state index in [4.69, 9.17) is 17.3 Å². The summed E-state index contributed by atoms with van der Waals surface area (Å²) in [6.45, 7) is 4.74. The molecule has 1 unspecified atom stereocenters. The van der Waals surface area contributed by atoms with Gasteiger partial charge >= 0.3 is 0 Å². The number of carbonyl (C=O) groups is 1. The first-order valence-corrected chi connectivity index (χ1v) is 6.14. The number of carbonyl (C=O) groups excluding carboxylic acids is 1. The number of hydrogen-bond acceptors (Lipinski definition) is 2. The van der Waals surface area contributed by atoms with E-state index in [-0.39, 0.29) is 17.5 Å². The van der Waals surface area contributed by atoms with Crippen LogP contribution in [0.25, 0.3) is 0 Å². The topological polar surface area (TPSA) is 46.3 Å². The Kier molecular flexibility index (Phi) is 3.15. The molecule has 2 rings (SSSR count). The molecule has 1 amide bonds. The zero-order valence-electron chi connectivity index (χ0n) is 10.1. The van der Waals surface area contributed by atoms with Crippen molar-refractivity contribution in [1.29, 1.82) is 0 Å². The lowest BCUT2D eigenvalue weighted by atomic mass is 9.96. The third-order valence-electron chi connectivity index (χ3n) is 3.60. The van der Waals surface area contributed by atoms with E-state index < -0.39 is 0 Å². The predicted molar refractivity (Wildman–Crippen MR) is 69.2 cm³/mol. The SMILES string of the molecule is CC1(C)C(N)CCN1C(=O)c1ccc(Cl)cc1. The molecule has 3 nitrogen and oxygen atoms in total. The van der Waals surface area contributed by atoms with Gasteiger partial charge in [0, 0.05) is 23.2 Å². The maximum atomic E-state index is 12.3. The van der Waals surface area contributed by atoms with Gasteiger partial charge in [0.15, 0.2) is 0 Å². The van der Waals surface area contributed by atoms with Crippen molar-refractivity contribution in [3.05, 3.63) is 34.9 Å². The first-order chi connectivity index (χ1) is 7.93. The van der Waals surface area contributed by atoms with E-state index in [1.54, 1.807) is 24.3 Å². The zero-order chi connectivity index (χ0) is 12.6. The van der Waals surface area contributed by atoms with Crippen LogP contribution >= 0.6 is 11.6 Å². The summed E-state index contributed by atoms with van der Waals surface area (Å²) < 4.78 is 0. The molecule has 0 aliphatic carbocycles. The maximum Gasteiger partial charge on any atom is 0.254 e. The van der Waals surface area contributed by atoms with Crippen molar-refractivity contribution in [2.45, 2.75) is 31.8 Å². The number of halogens is 1. The average Bonchev–Trinajstić information content (AvgIpc) is 2.54. The summed E-state index contributed by atoms with van der Waals surface area (Å²) in [5.74, 6) is 0.0274. The quantitative estimate of drug-likeness (QED) is 0.834. The number of amides is 1. The van der Waals surface area contributed by atoms with Crippen LogP contribution in [-0.2, 0) is 0 Å². The van der Waals surface area contributed by atoms with Gasteiger partial charge in [-0.15, -0.1) is 0 Å². The Hall–Kier alpha value is -1.06. The van der Waals surface area contributed by atoms with Crippen molar-refractivity contribution in [2.24, 2.45) is 5.73 Å². The van der Waals surface area contributed by atoms with Gasteiger partial charge in [0.05, 0.1) is 5.54 Å². The highest BCUT2D eigenvalue weighted by atomic mass is 35.5. The van der Waals surface area contributed by atoms with E-state index in [0.29, 0.717) is 10.6 Å². The molecule has 0 saturated carbocycles. The standard InChI is InChI=1S/C13H17ClN2O/c1-13(2)11(15)7-8-16(13)12(17)9-3-5-10(14)6-4-9/h3-6,11H,7-8,15H2,1-2H3. The van der Waals surface area contributed by atoms with Gasteiger partial charge in [-0.1, -0.05) is 11.6 Å². The van der Waals surface area contributed by atoms with Crippen molar-refractivity contribution < 1.29 is 4.79 Å². The molecule has 1 aliphatic rings. The van der Waals surface area contributed by atoms with Crippen molar-refractivity contribution >= 4 is 17.5 Å². The number of hydrogen-bond donors (Lipinski definition) is 1. The Morgan fingerprint density at radius 3 is 2.47 bits per heavy atom. The minimum atomic E-state index is -0.281. The highest BCUT2D eigenvalue weighted by Gasteiger charge is 2.41. The molecule has 1 aliphatic heterocycles. The third-order valence-corrected chi connectivity index (χ3v) is 3.86. The fraction of sp³-hybridized carbons (Fsp3) is 0.462. The van der Waals surface area contributed by atoms with E-state index in [1.165, 1.54) is 0 Å². The largest absolute Gasteiger partial charge is 0.332 e. The van der Waals surface area contributed by atoms with E-state index >= 15 is 0 Å². The van der Waals surface area contributed by atoms with Crippen LogP contribution in [0.5, 0.6) is 0 Å². The van der Waals surface area contributed by atoms with Crippen LogP contribution in [0.15, 0.2) is 24.3 Å². The summed E-state index contributed by atoms with van der Waals surface area (Å²) in [5.41, 5.74) is 6.41. The molecule has 0 aromatic heterocycles. The smallest absolute Gasteiger partial charge is 0.254 e. The normalized spacial score (nSPS) is 22.8. The first kappa shape index (κ1) is 12.4. The molecule has 4 heteroatoms. The summed E-state index contributed by atoms with van der Waals surface area (Å²) >= 11 is 5.81. The molecule has 1 aromatic carbocycles. The summed E-state index contributed by atoms with van der Waals surface area (Å²) in [5, 5.41) is 0.638. The molecular formula is C13H17ClN2O. The molecule has 0 spiro atoms. The van der Waals surface area contributed by atoms with Gasteiger partial charge in [0.2, 0.25) is 0 Å². The van der Waals surface area contributed by atoms with Crippen LogP contribution in [0.1, 0.15) is 30.6 Å². The fourth-order valence-corrected chi connectivity index (χ4v) is 2.35. The fourth-order valence-electron chi connectivity index (χ4n) is 2.22. The second-order valence-corrected chi connectivity index (χ2v) is 5.45. The minimum Gasteiger partial charge on any atom is -0.332 e. The van der Waals surface area contributed by atoms with Crippen LogP contribution in [0.4, 0.5) is 0 Å². The van der Waals surface area contributed by atoms with Gasteiger partial charge in [-0.05, 0) is 44.5 Å². The number of benzene rings is 1. The number of nitrogens with zero attached hydrogens (tertiary/aromatic N) is 1. The van der Waals surface area contributed by atoms with Gasteiger partial charge in [-0.3, -0.25) is 4.79 Å². The molecule has 1 atom stereocenters. The Balaban J connectivity index is 2.24. The summed E-state index contributed by atoms with van der Waals surface area (Å²) in [6.07, 6.45) is 0.854. The zero-order valence-corrected chi connectivity index (χ0v) is 10.9. The summed E-state index contributed by atoms with van der Waals surface area (Å²) in [7, 11) is 0. The number of nitrogens with two attached hydrogens (primary N) is 1. The molecule has 1 fully saturated rings. The van der Waals surface area contributed by atoms with E-state index in [1.807, 2.05) is 18.7 Å². The highest BCUT2D eigenvalue weighted by molar-refractivity contribution is 6.30. The van der Waals surface area contributed by atoms with Crippen molar-refractivity contribution in [3.63, 3.8) is 0 Å². The van der Waals surface area contributed by atoms with Crippen molar-refractivity contribution in [1.82, 2.24) is 4.90 Å². The van der Waals surface area contributed by atoms with Crippen LogP contribution in [0.3, 0.4) is 0 Å². The minimum absolute atomic E-state index is 0.0274. The molecule has 17 heavy (non-hydrogen) atoms. The lowest BCUT2D eigenvalue weighted by Gasteiger charge is -2.34. The van der Waals surface area contributed by atoms with E-state index in [0.717, 1.165) is 13.0 Å². The molecule has 0 radical (unpaired) electrons. The van der Waals surface area contributed by atoms with Crippen LogP contribution < -0.4 is 5.73 Å². The Bertz CT molecular complexity index is 428. The molecule has 0 bridgehead atoms. The lowest BCUT2D eigenvalue weighted by Crippen LogP contribution is -2.51. The second kappa shape index (κ2) is 4.31. The number of rotatable bonds is 1. The molecule has 2 N–H and O–H groups in total.